The average Bonchev–Trinajstić information content (AvgIpc) is 3.72. The Hall–Kier alpha value is -8.46. The Labute approximate surface area is 373 Å². The van der Waals surface area contributed by atoms with Crippen LogP contribution in [0.15, 0.2) is 255 Å². The Morgan fingerprint density at radius 1 is 0.250 bits per heavy atom. The van der Waals surface area contributed by atoms with Gasteiger partial charge in [-0.2, -0.15) is 0 Å². The van der Waals surface area contributed by atoms with Gasteiger partial charge in [0, 0.05) is 33.5 Å². The smallest absolute Gasteiger partial charge is 0.0547 e. The second kappa shape index (κ2) is 15.8. The van der Waals surface area contributed by atoms with Crippen molar-refractivity contribution in [2.45, 2.75) is 0 Å². The van der Waals surface area contributed by atoms with E-state index in [4.69, 9.17) is 0 Å². The quantitative estimate of drug-likeness (QED) is 0.148. The molecule has 300 valence electrons. The molecule has 1 aromatic heterocycles. The molecule has 0 N–H and O–H groups in total. The predicted octanol–water partition coefficient (Wildman–Crippen LogP) is 17.2. The molecule has 0 bridgehead atoms. The lowest BCUT2D eigenvalue weighted by molar-refractivity contribution is 1.18. The molecule has 12 aromatic rings. The molecule has 0 spiro atoms. The van der Waals surface area contributed by atoms with Crippen molar-refractivity contribution in [1.82, 2.24) is 4.57 Å². The van der Waals surface area contributed by atoms with Crippen molar-refractivity contribution < 1.29 is 0 Å². The number of anilines is 3. The highest BCUT2D eigenvalue weighted by Crippen LogP contribution is 2.41. The molecular formula is C62H42N2. The van der Waals surface area contributed by atoms with Gasteiger partial charge < -0.3 is 9.47 Å². The Balaban J connectivity index is 0.894. The summed E-state index contributed by atoms with van der Waals surface area (Å²) in [6, 6.07) is 92.5. The largest absolute Gasteiger partial charge is 0.311 e. The third kappa shape index (κ3) is 6.52. The summed E-state index contributed by atoms with van der Waals surface area (Å²) in [5, 5.41) is 7.62. The Bertz CT molecular complexity index is 3610. The Kier molecular flexibility index (Phi) is 9.20. The van der Waals surface area contributed by atoms with Crippen LogP contribution in [0.2, 0.25) is 0 Å². The SMILES string of the molecule is c1ccc(-c2ccc(N(c3ccc(-c4ccc(-n5c6ccccc6c6c7ccccc7ccc65)cc4)cc3)c3ccc(-c4ccc(-c5ccccc5)c5ccccc45)cc3)cc2)cc1. The van der Waals surface area contributed by atoms with E-state index in [0.29, 0.717) is 0 Å². The highest BCUT2D eigenvalue weighted by molar-refractivity contribution is 6.21. The van der Waals surface area contributed by atoms with E-state index in [0.717, 1.165) is 22.7 Å². The summed E-state index contributed by atoms with van der Waals surface area (Å²) in [5.41, 5.74) is 16.5. The van der Waals surface area contributed by atoms with E-state index in [-0.39, 0.29) is 0 Å². The number of nitrogens with zero attached hydrogens (tertiary/aromatic N) is 2. The standard InChI is InChI=1S/C62H42N2/c1-3-13-43(14-4-1)44-23-32-50(33-24-44)63(52-38-29-49(30-39-52)55-41-40-54(47-15-5-2-6-16-47)57-19-9-10-20-58(55)57)51-34-25-45(26-35-51)46-27-36-53(37-28-46)64-60-22-12-11-21-59(60)62-56-18-8-7-17-48(56)31-42-61(62)64/h1-42H. The average molecular weight is 815 g/mol. The van der Waals surface area contributed by atoms with E-state index in [1.54, 1.807) is 0 Å². The summed E-state index contributed by atoms with van der Waals surface area (Å²) in [5.74, 6) is 0. The van der Waals surface area contributed by atoms with Gasteiger partial charge in [0.2, 0.25) is 0 Å². The lowest BCUT2D eigenvalue weighted by atomic mass is 9.92. The van der Waals surface area contributed by atoms with E-state index in [9.17, 15) is 0 Å². The molecule has 11 aromatic carbocycles. The van der Waals surface area contributed by atoms with Crippen LogP contribution in [0.1, 0.15) is 0 Å². The fourth-order valence-corrected chi connectivity index (χ4v) is 9.71. The summed E-state index contributed by atoms with van der Waals surface area (Å²) < 4.78 is 2.40. The van der Waals surface area contributed by atoms with Gasteiger partial charge in [-0.1, -0.05) is 194 Å². The van der Waals surface area contributed by atoms with Gasteiger partial charge in [-0.3, -0.25) is 0 Å². The van der Waals surface area contributed by atoms with Crippen LogP contribution < -0.4 is 4.90 Å². The van der Waals surface area contributed by atoms with Crippen molar-refractivity contribution in [3.05, 3.63) is 255 Å². The number of rotatable bonds is 8. The predicted molar refractivity (Wildman–Crippen MR) is 272 cm³/mol. The molecule has 0 amide bonds. The molecule has 1 heterocycles. The molecule has 12 rings (SSSR count). The number of aromatic nitrogens is 1. The van der Waals surface area contributed by atoms with Crippen LogP contribution in [-0.4, -0.2) is 4.57 Å². The molecule has 0 unspecified atom stereocenters. The van der Waals surface area contributed by atoms with Gasteiger partial charge in [-0.25, -0.2) is 0 Å². The maximum atomic E-state index is 2.40. The molecule has 0 saturated heterocycles. The van der Waals surface area contributed by atoms with Crippen LogP contribution in [0.5, 0.6) is 0 Å². The third-order valence-corrected chi connectivity index (χ3v) is 12.8. The number of hydrogen-bond acceptors (Lipinski definition) is 1. The van der Waals surface area contributed by atoms with E-state index in [2.05, 4.69) is 264 Å². The normalized spacial score (nSPS) is 11.4. The van der Waals surface area contributed by atoms with E-state index in [1.807, 2.05) is 0 Å². The summed E-state index contributed by atoms with van der Waals surface area (Å²) in [6.45, 7) is 0. The summed E-state index contributed by atoms with van der Waals surface area (Å²) >= 11 is 0. The summed E-state index contributed by atoms with van der Waals surface area (Å²) in [4.78, 5) is 2.36. The fraction of sp³-hybridized carbons (Fsp3) is 0. The van der Waals surface area contributed by atoms with Crippen molar-refractivity contribution in [1.29, 1.82) is 0 Å². The maximum Gasteiger partial charge on any atom is 0.0547 e. The van der Waals surface area contributed by atoms with E-state index in [1.165, 1.54) is 87.9 Å². The van der Waals surface area contributed by atoms with Crippen LogP contribution in [-0.2, 0) is 0 Å². The molecule has 0 aliphatic heterocycles. The molecule has 0 aliphatic rings. The first-order chi connectivity index (χ1) is 31.7. The lowest BCUT2D eigenvalue weighted by Crippen LogP contribution is -2.09. The van der Waals surface area contributed by atoms with Crippen molar-refractivity contribution in [3.63, 3.8) is 0 Å². The van der Waals surface area contributed by atoms with Gasteiger partial charge >= 0.3 is 0 Å². The minimum absolute atomic E-state index is 1.09. The summed E-state index contributed by atoms with van der Waals surface area (Å²) in [7, 11) is 0. The minimum atomic E-state index is 1.09. The van der Waals surface area contributed by atoms with E-state index >= 15 is 0 Å². The molecule has 0 radical (unpaired) electrons. The Morgan fingerprint density at radius 2 is 0.656 bits per heavy atom. The number of benzene rings is 11. The molecule has 2 heteroatoms. The van der Waals surface area contributed by atoms with Crippen molar-refractivity contribution >= 4 is 60.4 Å². The van der Waals surface area contributed by atoms with Crippen molar-refractivity contribution in [2.75, 3.05) is 4.90 Å². The Morgan fingerprint density at radius 3 is 1.22 bits per heavy atom. The third-order valence-electron chi connectivity index (χ3n) is 12.8. The molecule has 0 atom stereocenters. The molecule has 0 saturated carbocycles. The van der Waals surface area contributed by atoms with Gasteiger partial charge in [0.05, 0.1) is 11.0 Å². The van der Waals surface area contributed by atoms with Gasteiger partial charge in [-0.05, 0) is 127 Å². The topological polar surface area (TPSA) is 8.17 Å². The molecular weight excluding hydrogens is 773 g/mol. The van der Waals surface area contributed by atoms with Crippen LogP contribution in [0.25, 0.3) is 93.5 Å². The first kappa shape index (κ1) is 37.3. The maximum absolute atomic E-state index is 2.40. The van der Waals surface area contributed by atoms with Crippen LogP contribution in [0, 0.1) is 0 Å². The molecule has 0 aliphatic carbocycles. The van der Waals surface area contributed by atoms with Crippen LogP contribution in [0.3, 0.4) is 0 Å². The number of hydrogen-bond donors (Lipinski definition) is 0. The van der Waals surface area contributed by atoms with Crippen LogP contribution >= 0.6 is 0 Å². The van der Waals surface area contributed by atoms with Crippen molar-refractivity contribution in [3.8, 4) is 50.2 Å². The fourth-order valence-electron chi connectivity index (χ4n) is 9.71. The first-order valence-corrected chi connectivity index (χ1v) is 22.0. The molecule has 64 heavy (non-hydrogen) atoms. The summed E-state index contributed by atoms with van der Waals surface area (Å²) in [6.07, 6.45) is 0. The van der Waals surface area contributed by atoms with E-state index < -0.39 is 0 Å². The van der Waals surface area contributed by atoms with Gasteiger partial charge in [-0.15, -0.1) is 0 Å². The molecule has 2 nitrogen and oxygen atoms in total. The zero-order valence-electron chi connectivity index (χ0n) is 35.1. The van der Waals surface area contributed by atoms with Crippen LogP contribution in [0.4, 0.5) is 17.1 Å². The van der Waals surface area contributed by atoms with Gasteiger partial charge in [0.25, 0.3) is 0 Å². The zero-order chi connectivity index (χ0) is 42.4. The minimum Gasteiger partial charge on any atom is -0.311 e. The van der Waals surface area contributed by atoms with Crippen molar-refractivity contribution in [2.24, 2.45) is 0 Å². The highest BCUT2D eigenvalue weighted by Gasteiger charge is 2.17. The first-order valence-electron chi connectivity index (χ1n) is 22.0. The second-order valence-electron chi connectivity index (χ2n) is 16.5. The van der Waals surface area contributed by atoms with Gasteiger partial charge in [0.15, 0.2) is 0 Å². The lowest BCUT2D eigenvalue weighted by Gasteiger charge is -2.26. The second-order valence-corrected chi connectivity index (χ2v) is 16.5. The van der Waals surface area contributed by atoms with Gasteiger partial charge in [0.1, 0.15) is 0 Å². The number of para-hydroxylation sites is 1. The molecule has 0 fully saturated rings. The monoisotopic (exact) mass is 814 g/mol. The zero-order valence-corrected chi connectivity index (χ0v) is 35.1. The highest BCUT2D eigenvalue weighted by atomic mass is 15.1. The number of fused-ring (bicyclic) bond motifs is 6.